The smallest absolute Gasteiger partial charge is 0.123 e. The number of benzene rings is 2. The third kappa shape index (κ3) is 2.67. The topological polar surface area (TPSA) is 43.8 Å². The van der Waals surface area contributed by atoms with Crippen molar-refractivity contribution in [1.82, 2.24) is 9.55 Å². The van der Waals surface area contributed by atoms with Gasteiger partial charge in [-0.15, -0.1) is 0 Å². The van der Waals surface area contributed by atoms with Crippen molar-refractivity contribution in [3.8, 4) is 0 Å². The summed E-state index contributed by atoms with van der Waals surface area (Å²) in [5.41, 5.74) is 11.8. The molecular weight excluding hydrogens is 265 g/mol. The number of aromatic nitrogens is 2. The van der Waals surface area contributed by atoms with Gasteiger partial charge in [-0.3, -0.25) is 0 Å². The molecule has 3 rings (SSSR count). The number of nitrogens with two attached hydrogens (primary N) is 1. The minimum absolute atomic E-state index is 0.246. The zero-order chi connectivity index (χ0) is 15.0. The van der Waals surface area contributed by atoms with Crippen LogP contribution in [0, 0.1) is 19.7 Å². The highest BCUT2D eigenvalue weighted by Gasteiger charge is 2.07. The Morgan fingerprint density at radius 1 is 1.05 bits per heavy atom. The zero-order valence-corrected chi connectivity index (χ0v) is 12.2. The molecule has 0 atom stereocenters. The SMILES string of the molecule is Cc1cc2ncn(Cc3cc(F)cc(CN)c3)c2cc1C. The first-order chi connectivity index (χ1) is 10.1. The minimum atomic E-state index is -0.246. The van der Waals surface area contributed by atoms with Gasteiger partial charge in [0.1, 0.15) is 5.82 Å². The molecule has 1 aromatic heterocycles. The van der Waals surface area contributed by atoms with Gasteiger partial charge in [0, 0.05) is 13.1 Å². The van der Waals surface area contributed by atoms with E-state index < -0.39 is 0 Å². The van der Waals surface area contributed by atoms with Gasteiger partial charge in [-0.2, -0.15) is 0 Å². The molecule has 1 heterocycles. The Kier molecular flexibility index (Phi) is 3.47. The van der Waals surface area contributed by atoms with E-state index in [2.05, 4.69) is 31.0 Å². The molecule has 0 aliphatic carbocycles. The molecule has 0 aliphatic heterocycles. The average Bonchev–Trinajstić information content (AvgIpc) is 2.81. The van der Waals surface area contributed by atoms with Crippen molar-refractivity contribution in [2.24, 2.45) is 5.73 Å². The maximum absolute atomic E-state index is 13.6. The minimum Gasteiger partial charge on any atom is -0.326 e. The second-order valence-electron chi connectivity index (χ2n) is 5.47. The molecule has 0 bridgehead atoms. The van der Waals surface area contributed by atoms with Gasteiger partial charge in [-0.05, 0) is 60.4 Å². The van der Waals surface area contributed by atoms with Crippen LogP contribution in [0.3, 0.4) is 0 Å². The average molecular weight is 283 g/mol. The Morgan fingerprint density at radius 3 is 2.52 bits per heavy atom. The fourth-order valence-corrected chi connectivity index (χ4v) is 2.56. The van der Waals surface area contributed by atoms with Crippen LogP contribution in [0.4, 0.5) is 4.39 Å². The molecule has 0 saturated heterocycles. The van der Waals surface area contributed by atoms with Crippen LogP contribution in [0.5, 0.6) is 0 Å². The van der Waals surface area contributed by atoms with Crippen molar-refractivity contribution in [2.45, 2.75) is 26.9 Å². The van der Waals surface area contributed by atoms with Crippen LogP contribution < -0.4 is 5.73 Å². The molecule has 0 aliphatic rings. The quantitative estimate of drug-likeness (QED) is 0.801. The van der Waals surface area contributed by atoms with Crippen LogP contribution in [-0.2, 0) is 13.1 Å². The van der Waals surface area contributed by atoms with E-state index in [1.807, 2.05) is 10.6 Å². The zero-order valence-electron chi connectivity index (χ0n) is 12.2. The van der Waals surface area contributed by atoms with Gasteiger partial charge >= 0.3 is 0 Å². The molecule has 0 unspecified atom stereocenters. The Bertz CT molecular complexity index is 805. The highest BCUT2D eigenvalue weighted by Crippen LogP contribution is 2.20. The number of hydrogen-bond donors (Lipinski definition) is 1. The molecule has 2 aromatic carbocycles. The molecule has 0 amide bonds. The summed E-state index contributed by atoms with van der Waals surface area (Å²) in [6.45, 7) is 5.09. The fourth-order valence-electron chi connectivity index (χ4n) is 2.56. The molecule has 0 fully saturated rings. The van der Waals surface area contributed by atoms with E-state index >= 15 is 0 Å². The van der Waals surface area contributed by atoms with Crippen LogP contribution in [0.1, 0.15) is 22.3 Å². The van der Waals surface area contributed by atoms with Crippen molar-refractivity contribution in [3.05, 3.63) is 64.7 Å². The number of hydrogen-bond acceptors (Lipinski definition) is 2. The summed E-state index contributed by atoms with van der Waals surface area (Å²) >= 11 is 0. The number of rotatable bonds is 3. The van der Waals surface area contributed by atoms with E-state index in [-0.39, 0.29) is 5.82 Å². The highest BCUT2D eigenvalue weighted by molar-refractivity contribution is 5.77. The van der Waals surface area contributed by atoms with Crippen LogP contribution in [-0.4, -0.2) is 9.55 Å². The van der Waals surface area contributed by atoms with E-state index in [1.54, 1.807) is 12.4 Å². The Balaban J connectivity index is 2.02. The third-order valence-electron chi connectivity index (χ3n) is 3.84. The lowest BCUT2D eigenvalue weighted by molar-refractivity contribution is 0.621. The Labute approximate surface area is 123 Å². The van der Waals surface area contributed by atoms with Gasteiger partial charge in [-0.25, -0.2) is 9.37 Å². The van der Waals surface area contributed by atoms with Gasteiger partial charge < -0.3 is 10.3 Å². The molecule has 108 valence electrons. The van der Waals surface area contributed by atoms with Crippen molar-refractivity contribution >= 4 is 11.0 Å². The number of nitrogens with zero attached hydrogens (tertiary/aromatic N) is 2. The van der Waals surface area contributed by atoms with E-state index in [0.717, 1.165) is 22.2 Å². The first kappa shape index (κ1) is 13.8. The summed E-state index contributed by atoms with van der Waals surface area (Å²) in [6, 6.07) is 9.17. The van der Waals surface area contributed by atoms with Gasteiger partial charge in [0.2, 0.25) is 0 Å². The van der Waals surface area contributed by atoms with Crippen LogP contribution in [0.25, 0.3) is 11.0 Å². The Hall–Kier alpha value is -2.20. The monoisotopic (exact) mass is 283 g/mol. The summed E-state index contributed by atoms with van der Waals surface area (Å²) in [4.78, 5) is 4.43. The van der Waals surface area contributed by atoms with Crippen LogP contribution >= 0.6 is 0 Å². The van der Waals surface area contributed by atoms with Gasteiger partial charge in [0.05, 0.1) is 17.4 Å². The maximum Gasteiger partial charge on any atom is 0.123 e. The van der Waals surface area contributed by atoms with Gasteiger partial charge in [-0.1, -0.05) is 6.07 Å². The molecule has 21 heavy (non-hydrogen) atoms. The van der Waals surface area contributed by atoms with Crippen molar-refractivity contribution in [1.29, 1.82) is 0 Å². The van der Waals surface area contributed by atoms with Crippen LogP contribution in [0.2, 0.25) is 0 Å². The second kappa shape index (κ2) is 5.30. The van der Waals surface area contributed by atoms with Crippen molar-refractivity contribution in [3.63, 3.8) is 0 Å². The number of halogens is 1. The standard InChI is InChI=1S/C17H18FN3/c1-11-3-16-17(4-12(11)2)21(10-20-16)9-14-5-13(8-19)6-15(18)7-14/h3-7,10H,8-9,19H2,1-2H3. The summed E-state index contributed by atoms with van der Waals surface area (Å²) < 4.78 is 15.6. The van der Waals surface area contributed by atoms with E-state index in [1.165, 1.54) is 17.2 Å². The molecule has 2 N–H and O–H groups in total. The van der Waals surface area contributed by atoms with Crippen molar-refractivity contribution in [2.75, 3.05) is 0 Å². The van der Waals surface area contributed by atoms with E-state index in [4.69, 9.17) is 5.73 Å². The lowest BCUT2D eigenvalue weighted by atomic mass is 10.1. The largest absolute Gasteiger partial charge is 0.326 e. The van der Waals surface area contributed by atoms with Gasteiger partial charge in [0.15, 0.2) is 0 Å². The predicted octanol–water partition coefficient (Wildman–Crippen LogP) is 3.30. The van der Waals surface area contributed by atoms with E-state index in [9.17, 15) is 4.39 Å². The van der Waals surface area contributed by atoms with Gasteiger partial charge in [0.25, 0.3) is 0 Å². The molecule has 4 heteroatoms. The molecule has 0 spiro atoms. The number of aryl methyl sites for hydroxylation is 2. The molecule has 3 nitrogen and oxygen atoms in total. The predicted molar refractivity (Wildman–Crippen MR) is 82.6 cm³/mol. The maximum atomic E-state index is 13.6. The fraction of sp³-hybridized carbons (Fsp3) is 0.235. The summed E-state index contributed by atoms with van der Waals surface area (Å²) in [5.74, 6) is -0.246. The van der Waals surface area contributed by atoms with Crippen LogP contribution in [0.15, 0.2) is 36.7 Å². The molecular formula is C17H18FN3. The second-order valence-corrected chi connectivity index (χ2v) is 5.47. The highest BCUT2D eigenvalue weighted by atomic mass is 19.1. The molecule has 0 saturated carbocycles. The molecule has 0 radical (unpaired) electrons. The Morgan fingerprint density at radius 2 is 1.76 bits per heavy atom. The first-order valence-corrected chi connectivity index (χ1v) is 6.97. The summed E-state index contributed by atoms with van der Waals surface area (Å²) in [6.07, 6.45) is 1.80. The van der Waals surface area contributed by atoms with E-state index in [0.29, 0.717) is 13.1 Å². The normalized spacial score (nSPS) is 11.2. The summed E-state index contributed by atoms with van der Waals surface area (Å²) in [5, 5.41) is 0. The third-order valence-corrected chi connectivity index (χ3v) is 3.84. The van der Waals surface area contributed by atoms with Crippen molar-refractivity contribution < 1.29 is 4.39 Å². The summed E-state index contributed by atoms with van der Waals surface area (Å²) in [7, 11) is 0. The first-order valence-electron chi connectivity index (χ1n) is 6.97. The number of fused-ring (bicyclic) bond motifs is 1. The lowest BCUT2D eigenvalue weighted by Crippen LogP contribution is -2.02. The lowest BCUT2D eigenvalue weighted by Gasteiger charge is -2.08. The molecule has 3 aromatic rings. The number of imidazole rings is 1.